The van der Waals surface area contributed by atoms with E-state index >= 15 is 0 Å². The molecule has 0 radical (unpaired) electrons. The number of ether oxygens (including phenoxy) is 1. The SMILES string of the molecule is CN(C)C(=O)c1ccc(N2CCC(CCCN(C)C(=O)C3(c4ccccc4)CCCO3)CC2)nc1Cl. The van der Waals surface area contributed by atoms with Crippen molar-refractivity contribution in [3.63, 3.8) is 0 Å². The average molecular weight is 513 g/mol. The van der Waals surface area contributed by atoms with E-state index in [0.717, 1.165) is 69.5 Å². The zero-order chi connectivity index (χ0) is 25.7. The van der Waals surface area contributed by atoms with Crippen LogP contribution in [0.5, 0.6) is 0 Å². The van der Waals surface area contributed by atoms with Crippen molar-refractivity contribution in [3.8, 4) is 0 Å². The number of amides is 2. The minimum Gasteiger partial charge on any atom is -0.360 e. The molecule has 0 N–H and O–H groups in total. The lowest BCUT2D eigenvalue weighted by atomic mass is 9.89. The van der Waals surface area contributed by atoms with E-state index in [1.54, 1.807) is 20.2 Å². The zero-order valence-electron chi connectivity index (χ0n) is 21.6. The highest BCUT2D eigenvalue weighted by molar-refractivity contribution is 6.32. The number of rotatable bonds is 8. The standard InChI is InChI=1S/C28H37ClN4O3/c1-31(2)26(34)23-12-13-24(30-25(23)29)33-18-14-21(15-19-33)9-7-17-32(3)27(35)28(16-8-20-36-28)22-10-5-4-6-11-22/h4-6,10-13,21H,7-9,14-20H2,1-3H3. The number of carbonyl (C=O) groups excluding carboxylic acids is 2. The molecule has 2 fully saturated rings. The minimum atomic E-state index is -0.831. The predicted octanol–water partition coefficient (Wildman–Crippen LogP) is 4.60. The number of aromatic nitrogens is 1. The van der Waals surface area contributed by atoms with Gasteiger partial charge in [-0.1, -0.05) is 41.9 Å². The first kappa shape index (κ1) is 26.4. The third kappa shape index (κ3) is 5.68. The summed E-state index contributed by atoms with van der Waals surface area (Å²) in [5.74, 6) is 1.37. The van der Waals surface area contributed by atoms with Crippen LogP contribution in [0.25, 0.3) is 0 Å². The van der Waals surface area contributed by atoms with Crippen molar-refractivity contribution in [1.82, 2.24) is 14.8 Å². The molecule has 36 heavy (non-hydrogen) atoms. The molecule has 0 bridgehead atoms. The molecule has 1 aromatic heterocycles. The van der Waals surface area contributed by atoms with Crippen LogP contribution in [-0.2, 0) is 15.1 Å². The number of benzene rings is 1. The van der Waals surface area contributed by atoms with Gasteiger partial charge in [-0.15, -0.1) is 0 Å². The molecule has 0 aliphatic carbocycles. The van der Waals surface area contributed by atoms with Crippen LogP contribution in [0.4, 0.5) is 5.82 Å². The molecule has 2 aliphatic rings. The Morgan fingerprint density at radius 3 is 2.44 bits per heavy atom. The van der Waals surface area contributed by atoms with E-state index in [-0.39, 0.29) is 17.0 Å². The van der Waals surface area contributed by atoms with E-state index < -0.39 is 5.60 Å². The van der Waals surface area contributed by atoms with Crippen molar-refractivity contribution < 1.29 is 14.3 Å². The van der Waals surface area contributed by atoms with E-state index in [2.05, 4.69) is 9.88 Å². The molecule has 3 heterocycles. The van der Waals surface area contributed by atoms with Crippen LogP contribution in [0.2, 0.25) is 5.15 Å². The van der Waals surface area contributed by atoms with Gasteiger partial charge in [0.05, 0.1) is 5.56 Å². The third-order valence-electron chi connectivity index (χ3n) is 7.47. The topological polar surface area (TPSA) is 66.0 Å². The Morgan fingerprint density at radius 2 is 1.83 bits per heavy atom. The van der Waals surface area contributed by atoms with Crippen LogP contribution < -0.4 is 4.90 Å². The highest BCUT2D eigenvalue weighted by atomic mass is 35.5. The van der Waals surface area contributed by atoms with Gasteiger partial charge in [-0.25, -0.2) is 4.98 Å². The molecule has 1 aromatic carbocycles. The van der Waals surface area contributed by atoms with Crippen molar-refractivity contribution in [2.45, 2.75) is 44.1 Å². The van der Waals surface area contributed by atoms with Crippen molar-refractivity contribution in [3.05, 3.63) is 58.7 Å². The molecule has 8 heteroatoms. The van der Waals surface area contributed by atoms with Gasteiger partial charge in [0.15, 0.2) is 5.60 Å². The number of piperidine rings is 1. The molecule has 4 rings (SSSR count). The zero-order valence-corrected chi connectivity index (χ0v) is 22.3. The summed E-state index contributed by atoms with van der Waals surface area (Å²) in [5, 5.41) is 0.251. The highest BCUT2D eigenvalue weighted by Gasteiger charge is 2.45. The Hall–Kier alpha value is -2.64. The van der Waals surface area contributed by atoms with Crippen molar-refractivity contribution >= 4 is 29.2 Å². The van der Waals surface area contributed by atoms with Crippen LogP contribution in [0.15, 0.2) is 42.5 Å². The van der Waals surface area contributed by atoms with Crippen LogP contribution in [0, 0.1) is 5.92 Å². The van der Waals surface area contributed by atoms with Gasteiger partial charge in [-0.2, -0.15) is 0 Å². The number of hydrogen-bond donors (Lipinski definition) is 0. The first-order valence-corrected chi connectivity index (χ1v) is 13.3. The quantitative estimate of drug-likeness (QED) is 0.484. The van der Waals surface area contributed by atoms with E-state index in [9.17, 15) is 9.59 Å². The average Bonchev–Trinajstić information content (AvgIpc) is 3.40. The maximum atomic E-state index is 13.4. The molecule has 1 unspecified atom stereocenters. The lowest BCUT2D eigenvalue weighted by Gasteiger charge is -2.34. The second-order valence-corrected chi connectivity index (χ2v) is 10.5. The second kappa shape index (κ2) is 11.6. The van der Waals surface area contributed by atoms with Crippen LogP contribution in [0.3, 0.4) is 0 Å². The Morgan fingerprint density at radius 1 is 1.11 bits per heavy atom. The number of pyridine rings is 1. The summed E-state index contributed by atoms with van der Waals surface area (Å²) < 4.78 is 6.07. The minimum absolute atomic E-state index is 0.0696. The number of carbonyl (C=O) groups is 2. The van der Waals surface area contributed by atoms with E-state index in [1.165, 1.54) is 4.90 Å². The first-order valence-electron chi connectivity index (χ1n) is 12.9. The van der Waals surface area contributed by atoms with Crippen LogP contribution >= 0.6 is 11.6 Å². The van der Waals surface area contributed by atoms with Crippen molar-refractivity contribution in [1.29, 1.82) is 0 Å². The number of halogens is 1. The lowest BCUT2D eigenvalue weighted by Crippen LogP contribution is -2.45. The van der Waals surface area contributed by atoms with Crippen LogP contribution in [-0.4, -0.2) is 74.0 Å². The predicted molar refractivity (Wildman–Crippen MR) is 142 cm³/mol. The molecule has 2 aliphatic heterocycles. The van der Waals surface area contributed by atoms with Crippen LogP contribution in [0.1, 0.15) is 54.4 Å². The Balaban J connectivity index is 1.25. The molecule has 2 aromatic rings. The summed E-state index contributed by atoms with van der Waals surface area (Å²) in [6, 6.07) is 13.6. The number of anilines is 1. The number of nitrogens with zero attached hydrogens (tertiary/aromatic N) is 4. The Kier molecular flexibility index (Phi) is 8.52. The van der Waals surface area contributed by atoms with E-state index in [1.807, 2.05) is 48.3 Å². The molecule has 0 saturated carbocycles. The monoisotopic (exact) mass is 512 g/mol. The van der Waals surface area contributed by atoms with Crippen molar-refractivity contribution in [2.24, 2.45) is 5.92 Å². The normalized spacial score (nSPS) is 20.4. The Bertz CT molecular complexity index is 1050. The molecule has 7 nitrogen and oxygen atoms in total. The van der Waals surface area contributed by atoms with E-state index in [4.69, 9.17) is 16.3 Å². The fourth-order valence-corrected chi connectivity index (χ4v) is 5.58. The summed E-state index contributed by atoms with van der Waals surface area (Å²) in [4.78, 5) is 35.7. The van der Waals surface area contributed by atoms with Gasteiger partial charge in [0.25, 0.3) is 11.8 Å². The summed E-state index contributed by atoms with van der Waals surface area (Å²) in [6.07, 6.45) is 5.86. The lowest BCUT2D eigenvalue weighted by molar-refractivity contribution is -0.153. The van der Waals surface area contributed by atoms with E-state index in [0.29, 0.717) is 18.1 Å². The van der Waals surface area contributed by atoms with Gasteiger partial charge >= 0.3 is 0 Å². The molecule has 0 spiro atoms. The summed E-state index contributed by atoms with van der Waals surface area (Å²) in [6.45, 7) is 3.18. The van der Waals surface area contributed by atoms with Gasteiger partial charge in [0.1, 0.15) is 11.0 Å². The van der Waals surface area contributed by atoms with Gasteiger partial charge in [-0.05, 0) is 62.1 Å². The summed E-state index contributed by atoms with van der Waals surface area (Å²) >= 11 is 6.31. The van der Waals surface area contributed by atoms with Gasteiger partial charge in [0.2, 0.25) is 0 Å². The van der Waals surface area contributed by atoms with Gasteiger partial charge in [0, 0.05) is 47.4 Å². The number of likely N-dealkylation sites (N-methyl/N-ethyl adjacent to an activating group) is 1. The molecular formula is C28H37ClN4O3. The summed E-state index contributed by atoms with van der Waals surface area (Å²) in [7, 11) is 5.31. The number of hydrogen-bond acceptors (Lipinski definition) is 5. The molecule has 2 amide bonds. The Labute approximate surface area is 219 Å². The molecule has 1 atom stereocenters. The van der Waals surface area contributed by atoms with Gasteiger partial charge < -0.3 is 19.4 Å². The second-order valence-electron chi connectivity index (χ2n) is 10.2. The third-order valence-corrected chi connectivity index (χ3v) is 7.76. The maximum Gasteiger partial charge on any atom is 0.259 e. The highest BCUT2D eigenvalue weighted by Crippen LogP contribution is 2.38. The van der Waals surface area contributed by atoms with Crippen molar-refractivity contribution in [2.75, 3.05) is 52.3 Å². The first-order chi connectivity index (χ1) is 17.3. The fourth-order valence-electron chi connectivity index (χ4n) is 5.35. The summed E-state index contributed by atoms with van der Waals surface area (Å²) in [5.41, 5.74) is 0.554. The largest absolute Gasteiger partial charge is 0.360 e. The fraction of sp³-hybridized carbons (Fsp3) is 0.536. The smallest absolute Gasteiger partial charge is 0.259 e. The molecular weight excluding hydrogens is 476 g/mol. The maximum absolute atomic E-state index is 13.4. The van der Waals surface area contributed by atoms with Gasteiger partial charge in [-0.3, -0.25) is 9.59 Å². The molecule has 2 saturated heterocycles. The molecule has 194 valence electrons.